The molecule has 0 saturated heterocycles. The summed E-state index contributed by atoms with van der Waals surface area (Å²) in [6.07, 6.45) is -3.28. The summed E-state index contributed by atoms with van der Waals surface area (Å²) in [5.74, 6) is -3.07. The third-order valence-corrected chi connectivity index (χ3v) is 3.95. The minimum atomic E-state index is -2.99. The Hall–Kier alpha value is -3.76. The van der Waals surface area contributed by atoms with E-state index in [-0.39, 0.29) is 29.3 Å². The topological polar surface area (TPSA) is 104 Å². The van der Waals surface area contributed by atoms with Crippen LogP contribution in [0, 0.1) is 11.6 Å². The zero-order valence-electron chi connectivity index (χ0n) is 14.4. The lowest BCUT2D eigenvalue weighted by atomic mass is 10.1. The van der Waals surface area contributed by atoms with E-state index in [0.29, 0.717) is 11.3 Å². The Bertz CT molecular complexity index is 1150. The molecule has 0 unspecified atom stereocenters. The molecule has 11 heteroatoms. The van der Waals surface area contributed by atoms with Gasteiger partial charge in [-0.15, -0.1) is 10.2 Å². The van der Waals surface area contributed by atoms with Crippen molar-refractivity contribution >= 4 is 5.69 Å². The second-order valence-electron chi connectivity index (χ2n) is 5.98. The van der Waals surface area contributed by atoms with Gasteiger partial charge in [0.25, 0.3) is 11.8 Å². The van der Waals surface area contributed by atoms with Crippen LogP contribution in [0.1, 0.15) is 23.7 Å². The molecule has 0 spiro atoms. The van der Waals surface area contributed by atoms with Crippen molar-refractivity contribution in [1.82, 2.24) is 20.3 Å². The number of hydrogen-bond donors (Lipinski definition) is 1. The lowest BCUT2D eigenvalue weighted by Crippen LogP contribution is -2.00. The Kier molecular flexibility index (Phi) is 4.71. The van der Waals surface area contributed by atoms with Crippen molar-refractivity contribution in [3.05, 3.63) is 65.3 Å². The molecule has 7 nitrogen and oxygen atoms in total. The van der Waals surface area contributed by atoms with E-state index in [9.17, 15) is 17.6 Å². The molecule has 0 aliphatic rings. The predicted molar refractivity (Wildman–Crippen MR) is 91.6 cm³/mol. The van der Waals surface area contributed by atoms with Crippen LogP contribution in [0.5, 0.6) is 0 Å². The number of anilines is 1. The van der Waals surface area contributed by atoms with Crippen LogP contribution in [0.15, 0.2) is 45.3 Å². The number of nitrogens with two attached hydrogens (primary N) is 1. The first kappa shape index (κ1) is 18.6. The maximum atomic E-state index is 14.4. The van der Waals surface area contributed by atoms with Gasteiger partial charge in [0.15, 0.2) is 5.82 Å². The highest BCUT2D eigenvalue weighted by molar-refractivity contribution is 5.59. The van der Waals surface area contributed by atoms with E-state index in [2.05, 4.69) is 20.3 Å². The molecule has 0 amide bonds. The third-order valence-electron chi connectivity index (χ3n) is 3.95. The highest BCUT2D eigenvalue weighted by Crippen LogP contribution is 2.27. The number of hydrogen-bond acceptors (Lipinski definition) is 7. The van der Waals surface area contributed by atoms with E-state index in [1.54, 1.807) is 24.3 Å². The average Bonchev–Trinajstić information content (AvgIpc) is 3.34. The zero-order valence-corrected chi connectivity index (χ0v) is 14.4. The summed E-state index contributed by atoms with van der Waals surface area (Å²) >= 11 is 0. The SMILES string of the molecule is Nc1cccc(-c2nc(Cc3c(F)cc(-c4nnc(C(F)F)o4)cc3F)no2)c1. The zero-order chi connectivity index (χ0) is 20.5. The molecule has 0 atom stereocenters. The van der Waals surface area contributed by atoms with Crippen LogP contribution in [0.25, 0.3) is 22.9 Å². The molecule has 29 heavy (non-hydrogen) atoms. The quantitative estimate of drug-likeness (QED) is 0.392. The molecule has 0 saturated carbocycles. The molecule has 2 aromatic carbocycles. The fourth-order valence-corrected chi connectivity index (χ4v) is 2.61. The van der Waals surface area contributed by atoms with Crippen LogP contribution in [-0.4, -0.2) is 20.3 Å². The van der Waals surface area contributed by atoms with Crippen LogP contribution in [0.4, 0.5) is 23.2 Å². The van der Waals surface area contributed by atoms with Crippen LogP contribution in [0.2, 0.25) is 0 Å². The Morgan fingerprint density at radius 2 is 1.72 bits per heavy atom. The summed E-state index contributed by atoms with van der Waals surface area (Å²) in [4.78, 5) is 4.11. The highest BCUT2D eigenvalue weighted by atomic mass is 19.3. The van der Waals surface area contributed by atoms with Crippen molar-refractivity contribution < 1.29 is 26.5 Å². The maximum Gasteiger partial charge on any atom is 0.314 e. The van der Waals surface area contributed by atoms with Gasteiger partial charge < -0.3 is 14.7 Å². The molecule has 2 heterocycles. The van der Waals surface area contributed by atoms with Gasteiger partial charge in [-0.05, 0) is 30.3 Å². The molecular formula is C18H11F4N5O2. The van der Waals surface area contributed by atoms with Gasteiger partial charge in [0.05, 0.1) is 0 Å². The first-order chi connectivity index (χ1) is 13.9. The van der Waals surface area contributed by atoms with Crippen LogP contribution < -0.4 is 5.73 Å². The smallest absolute Gasteiger partial charge is 0.314 e. The van der Waals surface area contributed by atoms with Gasteiger partial charge in [0, 0.05) is 28.8 Å². The molecule has 0 fully saturated rings. The van der Waals surface area contributed by atoms with E-state index >= 15 is 0 Å². The molecule has 0 aliphatic heterocycles. The molecular weight excluding hydrogens is 394 g/mol. The molecule has 0 bridgehead atoms. The van der Waals surface area contributed by atoms with Crippen molar-refractivity contribution in [2.24, 2.45) is 0 Å². The average molecular weight is 405 g/mol. The van der Waals surface area contributed by atoms with Gasteiger partial charge in [-0.1, -0.05) is 11.2 Å². The number of nitrogens with zero attached hydrogens (tertiary/aromatic N) is 4. The second-order valence-corrected chi connectivity index (χ2v) is 5.98. The third kappa shape index (κ3) is 3.79. The lowest BCUT2D eigenvalue weighted by Gasteiger charge is -2.04. The lowest BCUT2D eigenvalue weighted by molar-refractivity contribution is 0.116. The van der Waals surface area contributed by atoms with Gasteiger partial charge in [-0.25, -0.2) is 8.78 Å². The molecule has 2 N–H and O–H groups in total. The Labute approximate surface area is 160 Å². The number of rotatable bonds is 5. The summed E-state index contributed by atoms with van der Waals surface area (Å²) < 4.78 is 63.8. The number of benzene rings is 2. The fraction of sp³-hybridized carbons (Fsp3) is 0.111. The summed E-state index contributed by atoms with van der Waals surface area (Å²) in [6.45, 7) is 0. The fourth-order valence-electron chi connectivity index (χ4n) is 2.61. The molecule has 0 radical (unpaired) electrons. The Balaban J connectivity index is 1.59. The van der Waals surface area contributed by atoms with Crippen molar-refractivity contribution in [2.75, 3.05) is 5.73 Å². The number of halogens is 4. The summed E-state index contributed by atoms with van der Waals surface area (Å²) in [5.41, 5.74) is 6.25. The van der Waals surface area contributed by atoms with Crippen molar-refractivity contribution in [3.8, 4) is 22.9 Å². The molecule has 4 rings (SSSR count). The normalized spacial score (nSPS) is 11.3. The van der Waals surface area contributed by atoms with Gasteiger partial charge in [-0.3, -0.25) is 0 Å². The van der Waals surface area contributed by atoms with Gasteiger partial charge in [0.1, 0.15) is 11.6 Å². The Morgan fingerprint density at radius 1 is 0.966 bits per heavy atom. The molecule has 0 aliphatic carbocycles. The summed E-state index contributed by atoms with van der Waals surface area (Å²) in [7, 11) is 0. The maximum absolute atomic E-state index is 14.4. The first-order valence-electron chi connectivity index (χ1n) is 8.19. The second kappa shape index (κ2) is 7.34. The summed E-state index contributed by atoms with van der Waals surface area (Å²) in [6, 6.07) is 8.50. The van der Waals surface area contributed by atoms with Crippen LogP contribution in [0.3, 0.4) is 0 Å². The molecule has 4 aromatic rings. The number of aromatic nitrogens is 4. The van der Waals surface area contributed by atoms with Crippen molar-refractivity contribution in [2.45, 2.75) is 12.8 Å². The standard InChI is InChI=1S/C18H11F4N5O2/c19-12-5-9(17-25-26-18(28-17)15(21)22)6-13(20)11(12)7-14-24-16(29-27-14)8-2-1-3-10(23)4-8/h1-6,15H,7,23H2. The van der Waals surface area contributed by atoms with E-state index < -0.39 is 29.8 Å². The van der Waals surface area contributed by atoms with Gasteiger partial charge in [0.2, 0.25) is 5.89 Å². The predicted octanol–water partition coefficient (Wildman–Crippen LogP) is 4.18. The minimum absolute atomic E-state index is 0.0470. The van der Waals surface area contributed by atoms with E-state index in [4.69, 9.17) is 14.7 Å². The van der Waals surface area contributed by atoms with Gasteiger partial charge in [-0.2, -0.15) is 13.8 Å². The first-order valence-corrected chi connectivity index (χ1v) is 8.19. The minimum Gasteiger partial charge on any atom is -0.415 e. The number of nitrogen functional groups attached to an aromatic ring is 1. The molecule has 2 aromatic heterocycles. The van der Waals surface area contributed by atoms with E-state index in [0.717, 1.165) is 12.1 Å². The van der Waals surface area contributed by atoms with Crippen molar-refractivity contribution in [1.29, 1.82) is 0 Å². The highest BCUT2D eigenvalue weighted by Gasteiger charge is 2.21. The van der Waals surface area contributed by atoms with Crippen molar-refractivity contribution in [3.63, 3.8) is 0 Å². The Morgan fingerprint density at radius 3 is 2.38 bits per heavy atom. The summed E-state index contributed by atoms with van der Waals surface area (Å²) in [5, 5.41) is 10.2. The van der Waals surface area contributed by atoms with Crippen LogP contribution >= 0.6 is 0 Å². The van der Waals surface area contributed by atoms with Crippen LogP contribution in [-0.2, 0) is 6.42 Å². The van der Waals surface area contributed by atoms with E-state index in [1.807, 2.05) is 0 Å². The largest absolute Gasteiger partial charge is 0.415 e. The van der Waals surface area contributed by atoms with E-state index in [1.165, 1.54) is 0 Å². The number of alkyl halides is 2. The monoisotopic (exact) mass is 405 g/mol. The van der Waals surface area contributed by atoms with Gasteiger partial charge >= 0.3 is 6.43 Å². The molecule has 148 valence electrons.